The first-order chi connectivity index (χ1) is 9.16. The third-order valence-corrected chi connectivity index (χ3v) is 4.23. The van der Waals surface area contributed by atoms with Gasteiger partial charge < -0.3 is 10.0 Å². The highest BCUT2D eigenvalue weighted by molar-refractivity contribution is 5.75. The summed E-state index contributed by atoms with van der Waals surface area (Å²) in [4.78, 5) is 17.9. The van der Waals surface area contributed by atoms with Crippen LogP contribution in [-0.4, -0.2) is 40.6 Å². The van der Waals surface area contributed by atoms with Crippen molar-refractivity contribution in [2.24, 2.45) is 5.41 Å². The van der Waals surface area contributed by atoms with Crippen LogP contribution in [0.4, 0.5) is 0 Å². The average Bonchev–Trinajstić information content (AvgIpc) is 2.46. The number of hydrogen-bond acceptors (Lipinski definition) is 3. The molecule has 1 aromatic heterocycles. The Morgan fingerprint density at radius 3 is 3.05 bits per heavy atom. The predicted octanol–water partition coefficient (Wildman–Crippen LogP) is 2.20. The highest BCUT2D eigenvalue weighted by Gasteiger charge is 2.40. The van der Waals surface area contributed by atoms with Crippen LogP contribution in [0, 0.1) is 5.41 Å². The van der Waals surface area contributed by atoms with Gasteiger partial charge in [0.2, 0.25) is 0 Å². The van der Waals surface area contributed by atoms with E-state index in [1.807, 2.05) is 19.2 Å². The summed E-state index contributed by atoms with van der Waals surface area (Å²) in [6.07, 6.45) is 7.10. The molecule has 1 unspecified atom stereocenters. The molecule has 0 aromatic carbocycles. The summed E-state index contributed by atoms with van der Waals surface area (Å²) in [5, 5.41) is 9.46. The van der Waals surface area contributed by atoms with Crippen LogP contribution in [0.2, 0.25) is 0 Å². The molecule has 0 spiro atoms. The minimum Gasteiger partial charge on any atom is -0.481 e. The van der Waals surface area contributed by atoms with Crippen LogP contribution in [0.15, 0.2) is 24.5 Å². The summed E-state index contributed by atoms with van der Waals surface area (Å²) < 4.78 is 0. The van der Waals surface area contributed by atoms with E-state index >= 15 is 0 Å². The SMILES string of the molecule is CCC1(C(=O)O)CCCN(CCc2cccnc2)C1. The van der Waals surface area contributed by atoms with Gasteiger partial charge in [-0.05, 0) is 43.9 Å². The van der Waals surface area contributed by atoms with Gasteiger partial charge in [0.15, 0.2) is 0 Å². The number of pyridine rings is 1. The number of nitrogens with zero attached hydrogens (tertiary/aromatic N) is 2. The second-order valence-corrected chi connectivity index (χ2v) is 5.43. The number of piperidine rings is 1. The number of hydrogen-bond donors (Lipinski definition) is 1. The molecule has 0 radical (unpaired) electrons. The molecule has 0 amide bonds. The summed E-state index contributed by atoms with van der Waals surface area (Å²) >= 11 is 0. The molecule has 1 aromatic rings. The molecule has 1 atom stereocenters. The lowest BCUT2D eigenvalue weighted by Gasteiger charge is -2.39. The topological polar surface area (TPSA) is 53.4 Å². The van der Waals surface area contributed by atoms with Crippen molar-refractivity contribution in [2.75, 3.05) is 19.6 Å². The van der Waals surface area contributed by atoms with Crippen molar-refractivity contribution >= 4 is 5.97 Å². The second kappa shape index (κ2) is 6.15. The molecule has 4 heteroatoms. The van der Waals surface area contributed by atoms with Crippen molar-refractivity contribution in [1.29, 1.82) is 0 Å². The monoisotopic (exact) mass is 262 g/mol. The van der Waals surface area contributed by atoms with E-state index in [0.29, 0.717) is 13.0 Å². The minimum absolute atomic E-state index is 0.535. The maximum Gasteiger partial charge on any atom is 0.310 e. The van der Waals surface area contributed by atoms with Gasteiger partial charge in [-0.2, -0.15) is 0 Å². The number of likely N-dealkylation sites (tertiary alicyclic amines) is 1. The third kappa shape index (κ3) is 3.32. The Bertz CT molecular complexity index is 421. The summed E-state index contributed by atoms with van der Waals surface area (Å²) in [5.41, 5.74) is 0.679. The van der Waals surface area contributed by atoms with Gasteiger partial charge in [0.25, 0.3) is 0 Å². The quantitative estimate of drug-likeness (QED) is 0.884. The van der Waals surface area contributed by atoms with E-state index in [-0.39, 0.29) is 0 Å². The second-order valence-electron chi connectivity index (χ2n) is 5.43. The Morgan fingerprint density at radius 2 is 2.42 bits per heavy atom. The van der Waals surface area contributed by atoms with Crippen molar-refractivity contribution in [3.63, 3.8) is 0 Å². The highest BCUT2D eigenvalue weighted by Crippen LogP contribution is 2.33. The minimum atomic E-state index is -0.638. The van der Waals surface area contributed by atoms with E-state index in [0.717, 1.165) is 32.4 Å². The maximum absolute atomic E-state index is 11.5. The molecule has 0 aliphatic carbocycles. The molecule has 2 heterocycles. The number of carbonyl (C=O) groups is 1. The molecule has 0 saturated carbocycles. The molecular formula is C15H22N2O2. The van der Waals surface area contributed by atoms with Crippen molar-refractivity contribution in [2.45, 2.75) is 32.6 Å². The normalized spacial score (nSPS) is 24.3. The first-order valence-corrected chi connectivity index (χ1v) is 7.01. The molecule has 1 N–H and O–H groups in total. The highest BCUT2D eigenvalue weighted by atomic mass is 16.4. The molecule has 1 saturated heterocycles. The molecule has 2 rings (SSSR count). The fraction of sp³-hybridized carbons (Fsp3) is 0.600. The van der Waals surface area contributed by atoms with E-state index in [9.17, 15) is 9.90 Å². The van der Waals surface area contributed by atoms with Crippen molar-refractivity contribution in [3.05, 3.63) is 30.1 Å². The lowest BCUT2D eigenvalue weighted by molar-refractivity contribution is -0.152. The molecule has 4 nitrogen and oxygen atoms in total. The van der Waals surface area contributed by atoms with Gasteiger partial charge in [-0.3, -0.25) is 9.78 Å². The van der Waals surface area contributed by atoms with Crippen LogP contribution >= 0.6 is 0 Å². The average molecular weight is 262 g/mol. The molecule has 1 aliphatic rings. The zero-order valence-corrected chi connectivity index (χ0v) is 11.5. The van der Waals surface area contributed by atoms with Gasteiger partial charge in [-0.15, -0.1) is 0 Å². The molecule has 0 bridgehead atoms. The molecule has 104 valence electrons. The Morgan fingerprint density at radius 1 is 1.58 bits per heavy atom. The van der Waals surface area contributed by atoms with E-state index in [4.69, 9.17) is 0 Å². The number of rotatable bonds is 5. The number of aromatic nitrogens is 1. The largest absolute Gasteiger partial charge is 0.481 e. The van der Waals surface area contributed by atoms with Gasteiger partial charge in [0.05, 0.1) is 5.41 Å². The molecule has 1 aliphatic heterocycles. The van der Waals surface area contributed by atoms with E-state index in [1.165, 1.54) is 5.56 Å². The van der Waals surface area contributed by atoms with Crippen LogP contribution in [0.5, 0.6) is 0 Å². The van der Waals surface area contributed by atoms with Crippen molar-refractivity contribution in [1.82, 2.24) is 9.88 Å². The molecule has 1 fully saturated rings. The van der Waals surface area contributed by atoms with Crippen LogP contribution < -0.4 is 0 Å². The van der Waals surface area contributed by atoms with Gasteiger partial charge in [-0.1, -0.05) is 13.0 Å². The molecular weight excluding hydrogens is 240 g/mol. The van der Waals surface area contributed by atoms with Crippen LogP contribution in [0.1, 0.15) is 31.7 Å². The third-order valence-electron chi connectivity index (χ3n) is 4.23. The van der Waals surface area contributed by atoms with E-state index in [1.54, 1.807) is 6.20 Å². The van der Waals surface area contributed by atoms with Crippen LogP contribution in [0.3, 0.4) is 0 Å². The summed E-state index contributed by atoms with van der Waals surface area (Å²) in [5.74, 6) is -0.638. The fourth-order valence-electron chi connectivity index (χ4n) is 2.87. The standard InChI is InChI=1S/C15H22N2O2/c1-2-15(14(18)19)7-4-9-17(12-15)10-6-13-5-3-8-16-11-13/h3,5,8,11H,2,4,6-7,9-10,12H2,1H3,(H,18,19). The summed E-state index contributed by atoms with van der Waals surface area (Å²) in [6, 6.07) is 4.01. The first-order valence-electron chi connectivity index (χ1n) is 7.01. The Balaban J connectivity index is 1.93. The Labute approximate surface area is 114 Å². The van der Waals surface area contributed by atoms with Gasteiger partial charge in [0, 0.05) is 25.5 Å². The van der Waals surface area contributed by atoms with Gasteiger partial charge >= 0.3 is 5.97 Å². The fourth-order valence-corrected chi connectivity index (χ4v) is 2.87. The van der Waals surface area contributed by atoms with Gasteiger partial charge in [0.1, 0.15) is 0 Å². The van der Waals surface area contributed by atoms with Crippen molar-refractivity contribution in [3.8, 4) is 0 Å². The lowest BCUT2D eigenvalue weighted by Crippen LogP contribution is -2.48. The zero-order chi connectivity index (χ0) is 13.7. The van der Waals surface area contributed by atoms with Gasteiger partial charge in [-0.25, -0.2) is 0 Å². The Kier molecular flexibility index (Phi) is 4.53. The predicted molar refractivity (Wildman–Crippen MR) is 74.0 cm³/mol. The number of carboxylic acids is 1. The van der Waals surface area contributed by atoms with Crippen molar-refractivity contribution < 1.29 is 9.90 Å². The van der Waals surface area contributed by atoms with Crippen LogP contribution in [0.25, 0.3) is 0 Å². The summed E-state index contributed by atoms with van der Waals surface area (Å²) in [6.45, 7) is 4.59. The van der Waals surface area contributed by atoms with E-state index < -0.39 is 11.4 Å². The number of carboxylic acid groups (broad SMARTS) is 1. The smallest absolute Gasteiger partial charge is 0.310 e. The lowest BCUT2D eigenvalue weighted by atomic mass is 9.77. The first kappa shape index (κ1) is 14.0. The maximum atomic E-state index is 11.5. The van der Waals surface area contributed by atoms with Crippen LogP contribution in [-0.2, 0) is 11.2 Å². The van der Waals surface area contributed by atoms with E-state index in [2.05, 4.69) is 16.0 Å². The summed E-state index contributed by atoms with van der Waals surface area (Å²) in [7, 11) is 0. The molecule has 19 heavy (non-hydrogen) atoms. The number of aliphatic carboxylic acids is 1. The Hall–Kier alpha value is -1.42. The zero-order valence-electron chi connectivity index (χ0n) is 11.5.